The Labute approximate surface area is 204 Å². The van der Waals surface area contributed by atoms with E-state index in [0.717, 1.165) is 17.3 Å². The van der Waals surface area contributed by atoms with E-state index in [1.165, 1.54) is 12.1 Å². The maximum atomic E-state index is 13.9. The fourth-order valence-corrected chi connectivity index (χ4v) is 4.65. The number of imidazole rings is 1. The molecule has 11 heteroatoms. The topological polar surface area (TPSA) is 73.1 Å². The number of carbonyl (C=O) groups is 1. The summed E-state index contributed by atoms with van der Waals surface area (Å²) in [5, 5.41) is 6.55. The van der Waals surface area contributed by atoms with Crippen LogP contribution >= 0.6 is 23.4 Å². The Bertz CT molecular complexity index is 1160. The molecule has 1 saturated heterocycles. The minimum absolute atomic E-state index is 0.0421. The molecule has 3 aromatic rings. The van der Waals surface area contributed by atoms with Gasteiger partial charge in [-0.1, -0.05) is 11.6 Å². The number of aromatic nitrogens is 2. The zero-order valence-electron chi connectivity index (χ0n) is 18.5. The van der Waals surface area contributed by atoms with Crippen molar-refractivity contribution in [3.63, 3.8) is 0 Å². The molecule has 1 aliphatic heterocycles. The van der Waals surface area contributed by atoms with Crippen LogP contribution in [0.4, 0.5) is 18.9 Å². The minimum Gasteiger partial charge on any atom is -0.368 e. The van der Waals surface area contributed by atoms with Crippen LogP contribution in [0.3, 0.4) is 0 Å². The molecular formula is C23H25ClF3N5OS. The number of carbonyl (C=O) groups excluding carboxylic acids is 1. The molecule has 1 atom stereocenters. The summed E-state index contributed by atoms with van der Waals surface area (Å²) in [5.74, 6) is 0.688. The first kappa shape index (κ1) is 24.7. The van der Waals surface area contributed by atoms with E-state index in [9.17, 15) is 18.0 Å². The van der Waals surface area contributed by atoms with Crippen LogP contribution in [0.1, 0.15) is 34.2 Å². The summed E-state index contributed by atoms with van der Waals surface area (Å²) in [6.45, 7) is 2.17. The summed E-state index contributed by atoms with van der Waals surface area (Å²) in [7, 11) is 0. The first-order valence-corrected chi connectivity index (χ1v) is 12.7. The van der Waals surface area contributed by atoms with Crippen LogP contribution in [0.25, 0.3) is 11.0 Å². The second-order valence-corrected chi connectivity index (χ2v) is 9.48. The summed E-state index contributed by atoms with van der Waals surface area (Å²) < 4.78 is 41.7. The molecule has 1 aliphatic rings. The van der Waals surface area contributed by atoms with Gasteiger partial charge in [0.2, 0.25) is 0 Å². The van der Waals surface area contributed by atoms with Crippen molar-refractivity contribution < 1.29 is 18.0 Å². The fraction of sp³-hybridized carbons (Fsp3) is 0.391. The number of anilines is 1. The van der Waals surface area contributed by atoms with Gasteiger partial charge in [0, 0.05) is 42.5 Å². The Morgan fingerprint density at radius 1 is 1.24 bits per heavy atom. The Kier molecular flexibility index (Phi) is 7.59. The zero-order valence-corrected chi connectivity index (χ0v) is 20.1. The van der Waals surface area contributed by atoms with Gasteiger partial charge in [-0.05, 0) is 54.8 Å². The molecule has 6 nitrogen and oxygen atoms in total. The highest BCUT2D eigenvalue weighted by Crippen LogP contribution is 2.37. The molecule has 1 fully saturated rings. The van der Waals surface area contributed by atoms with Crippen molar-refractivity contribution in [3.05, 3.63) is 58.4 Å². The Balaban J connectivity index is 1.61. The maximum absolute atomic E-state index is 13.9. The molecule has 0 bridgehead atoms. The normalized spacial score (nSPS) is 15.5. The molecule has 0 spiro atoms. The van der Waals surface area contributed by atoms with Crippen molar-refractivity contribution in [2.24, 2.45) is 0 Å². The molecule has 0 aliphatic carbocycles. The van der Waals surface area contributed by atoms with E-state index in [2.05, 4.69) is 20.6 Å². The zero-order chi connectivity index (χ0) is 24.3. The lowest BCUT2D eigenvalue weighted by Crippen LogP contribution is -2.44. The van der Waals surface area contributed by atoms with Gasteiger partial charge in [-0.3, -0.25) is 4.79 Å². The summed E-state index contributed by atoms with van der Waals surface area (Å²) >= 11 is 7.66. The minimum atomic E-state index is -4.58. The molecule has 1 aromatic heterocycles. The number of alkyl halides is 3. The van der Waals surface area contributed by atoms with Gasteiger partial charge in [0.15, 0.2) is 0 Å². The smallest absolute Gasteiger partial charge is 0.368 e. The second-order valence-electron chi connectivity index (χ2n) is 8.06. The number of rotatable bonds is 7. The highest BCUT2D eigenvalue weighted by atomic mass is 35.5. The third-order valence-electron chi connectivity index (χ3n) is 5.73. The van der Waals surface area contributed by atoms with Crippen LogP contribution in [0.5, 0.6) is 0 Å². The molecule has 1 amide bonds. The standard InChI is InChI=1S/C23H25ClF3N5OS/c1-34-11-6-18(21-29-17-4-3-15(24)13-19(17)30-21)31-22(33)14-2-5-20(16(12-14)23(25,26)27)32-9-7-28-8-10-32/h2-5,12-13,18,28H,6-11H2,1H3,(H,29,30)(H,31,33). The predicted octanol–water partition coefficient (Wildman–Crippen LogP) is 4.87. The third-order valence-corrected chi connectivity index (χ3v) is 6.61. The number of hydrogen-bond acceptors (Lipinski definition) is 5. The van der Waals surface area contributed by atoms with Crippen LogP contribution in [-0.4, -0.2) is 54.1 Å². The van der Waals surface area contributed by atoms with Gasteiger partial charge in [0.1, 0.15) is 5.82 Å². The van der Waals surface area contributed by atoms with Crippen molar-refractivity contribution >= 4 is 46.0 Å². The number of fused-ring (bicyclic) bond motifs is 1. The molecule has 3 N–H and O–H groups in total. The van der Waals surface area contributed by atoms with Gasteiger partial charge >= 0.3 is 6.18 Å². The molecule has 0 saturated carbocycles. The number of hydrogen-bond donors (Lipinski definition) is 3. The molecule has 2 aromatic carbocycles. The van der Waals surface area contributed by atoms with Gasteiger partial charge in [0.05, 0.1) is 22.6 Å². The average Bonchev–Trinajstić information content (AvgIpc) is 3.24. The Morgan fingerprint density at radius 3 is 2.71 bits per heavy atom. The lowest BCUT2D eigenvalue weighted by molar-refractivity contribution is -0.137. The largest absolute Gasteiger partial charge is 0.418 e. The molecule has 34 heavy (non-hydrogen) atoms. The van der Waals surface area contributed by atoms with Crippen molar-refractivity contribution in [3.8, 4) is 0 Å². The highest BCUT2D eigenvalue weighted by Gasteiger charge is 2.36. The van der Waals surface area contributed by atoms with Crippen molar-refractivity contribution in [1.82, 2.24) is 20.6 Å². The number of aromatic amines is 1. The number of halogens is 4. The third kappa shape index (κ3) is 5.61. The van der Waals surface area contributed by atoms with Gasteiger partial charge in [-0.25, -0.2) is 4.98 Å². The number of amides is 1. The fourth-order valence-electron chi connectivity index (χ4n) is 4.01. The summed E-state index contributed by atoms with van der Waals surface area (Å²) in [6.07, 6.45) is -2.07. The molecular weight excluding hydrogens is 487 g/mol. The van der Waals surface area contributed by atoms with E-state index >= 15 is 0 Å². The molecule has 182 valence electrons. The van der Waals surface area contributed by atoms with Crippen LogP contribution in [-0.2, 0) is 6.18 Å². The number of H-pyrrole nitrogens is 1. The Hall–Kier alpha value is -2.43. The number of thioether (sulfide) groups is 1. The quantitative estimate of drug-likeness (QED) is 0.422. The van der Waals surface area contributed by atoms with E-state index in [1.807, 2.05) is 6.26 Å². The maximum Gasteiger partial charge on any atom is 0.418 e. The highest BCUT2D eigenvalue weighted by molar-refractivity contribution is 7.98. The predicted molar refractivity (Wildman–Crippen MR) is 131 cm³/mol. The van der Waals surface area contributed by atoms with Crippen molar-refractivity contribution in [1.29, 1.82) is 0 Å². The summed E-state index contributed by atoms with van der Waals surface area (Å²) in [5.41, 5.74) is 0.674. The first-order chi connectivity index (χ1) is 16.3. The van der Waals surface area contributed by atoms with Crippen LogP contribution in [0.15, 0.2) is 36.4 Å². The van der Waals surface area contributed by atoms with Gasteiger partial charge in [-0.2, -0.15) is 24.9 Å². The van der Waals surface area contributed by atoms with E-state index in [-0.39, 0.29) is 11.3 Å². The lowest BCUT2D eigenvalue weighted by Gasteiger charge is -2.31. The summed E-state index contributed by atoms with van der Waals surface area (Å²) in [6, 6.07) is 8.53. The molecule has 0 radical (unpaired) electrons. The number of nitrogens with zero attached hydrogens (tertiary/aromatic N) is 2. The number of piperazine rings is 1. The average molecular weight is 512 g/mol. The van der Waals surface area contributed by atoms with Crippen molar-refractivity contribution in [2.45, 2.75) is 18.6 Å². The molecule has 1 unspecified atom stereocenters. The van der Waals surface area contributed by atoms with E-state index < -0.39 is 23.7 Å². The number of benzene rings is 2. The van der Waals surface area contributed by atoms with E-state index in [4.69, 9.17) is 11.6 Å². The van der Waals surface area contributed by atoms with Crippen LogP contribution in [0.2, 0.25) is 5.02 Å². The lowest BCUT2D eigenvalue weighted by atomic mass is 10.0. The number of nitrogens with one attached hydrogen (secondary N) is 3. The summed E-state index contributed by atoms with van der Waals surface area (Å²) in [4.78, 5) is 22.5. The Morgan fingerprint density at radius 2 is 2.00 bits per heavy atom. The SMILES string of the molecule is CSCCC(NC(=O)c1ccc(N2CCNCC2)c(C(F)(F)F)c1)c1nc2ccc(Cl)cc2[nH]1. The molecule has 2 heterocycles. The van der Waals surface area contributed by atoms with Gasteiger partial charge < -0.3 is 20.5 Å². The van der Waals surface area contributed by atoms with E-state index in [0.29, 0.717) is 49.0 Å². The van der Waals surface area contributed by atoms with Crippen molar-refractivity contribution in [2.75, 3.05) is 43.1 Å². The van der Waals surface area contributed by atoms with Gasteiger partial charge in [0.25, 0.3) is 5.91 Å². The first-order valence-electron chi connectivity index (χ1n) is 10.9. The van der Waals surface area contributed by atoms with Crippen LogP contribution in [0, 0.1) is 0 Å². The second kappa shape index (κ2) is 10.5. The van der Waals surface area contributed by atoms with E-state index in [1.54, 1.807) is 34.9 Å². The van der Waals surface area contributed by atoms with Gasteiger partial charge in [-0.15, -0.1) is 0 Å². The monoisotopic (exact) mass is 511 g/mol. The molecule has 4 rings (SSSR count). The van der Waals surface area contributed by atoms with Crippen LogP contribution < -0.4 is 15.5 Å².